The van der Waals surface area contributed by atoms with Crippen molar-refractivity contribution in [1.82, 2.24) is 4.90 Å². The highest BCUT2D eigenvalue weighted by Gasteiger charge is 2.56. The molecular weight excluding hydrogens is 827 g/mol. The lowest BCUT2D eigenvalue weighted by Crippen LogP contribution is -2.58. The molecule has 2 bridgehead atoms. The maximum atomic E-state index is 13.8. The smallest absolute Gasteiger partial charge is 0.330 e. The average molecular weight is 912 g/mol. The van der Waals surface area contributed by atoms with Crippen LogP contribution < -0.4 is 0 Å². The summed E-state index contributed by atoms with van der Waals surface area (Å²) in [4.78, 5) is 15.8. The maximum absolute atomic E-state index is 13.8. The number of esters is 1. The molecule has 0 radical (unpaired) electrons. The molecule has 1 spiro atoms. The summed E-state index contributed by atoms with van der Waals surface area (Å²) >= 11 is 0. The largest absolute Gasteiger partial charge is 0.459 e. The van der Waals surface area contributed by atoms with Gasteiger partial charge in [-0.25, -0.2) is 4.79 Å². The van der Waals surface area contributed by atoms with E-state index in [1.807, 2.05) is 54.8 Å². The number of allylic oxidation sites excluding steroid dienone is 1. The minimum Gasteiger partial charge on any atom is -0.459 e. The van der Waals surface area contributed by atoms with Gasteiger partial charge < -0.3 is 69.1 Å². The zero-order valence-electron chi connectivity index (χ0n) is 40.4. The van der Waals surface area contributed by atoms with Crippen LogP contribution in [-0.2, 0) is 33.2 Å². The fraction of sp³-hybridized carbons (Fsp3) is 0.898. The third-order valence-corrected chi connectivity index (χ3v) is 15.0. The van der Waals surface area contributed by atoms with Gasteiger partial charge in [0.05, 0.1) is 47.8 Å². The molecule has 0 saturated carbocycles. The van der Waals surface area contributed by atoms with Gasteiger partial charge in [-0.1, -0.05) is 45.8 Å². The minimum atomic E-state index is -2.08. The van der Waals surface area contributed by atoms with E-state index in [0.717, 1.165) is 44.3 Å². The third kappa shape index (κ3) is 13.4. The maximum Gasteiger partial charge on any atom is 0.330 e. The molecule has 7 N–H and O–H groups in total. The van der Waals surface area contributed by atoms with E-state index in [-0.39, 0.29) is 43.4 Å². The van der Waals surface area contributed by atoms with E-state index in [2.05, 4.69) is 11.0 Å². The Morgan fingerprint density at radius 3 is 2.25 bits per heavy atom. The predicted octanol–water partition coefficient (Wildman–Crippen LogP) is 4.78. The lowest BCUT2D eigenvalue weighted by Gasteiger charge is -2.51. The first-order valence-corrected chi connectivity index (χ1v) is 24.3. The van der Waals surface area contributed by atoms with E-state index < -0.39 is 95.2 Å². The van der Waals surface area contributed by atoms with Crippen molar-refractivity contribution in [2.45, 2.75) is 247 Å². The molecule has 5 rings (SSSR count). The molecule has 0 aliphatic carbocycles. The molecule has 370 valence electrons. The van der Waals surface area contributed by atoms with Crippen LogP contribution in [0.2, 0.25) is 0 Å². The highest BCUT2D eigenvalue weighted by Crippen LogP contribution is 2.49. The molecule has 5 heterocycles. The van der Waals surface area contributed by atoms with E-state index >= 15 is 0 Å². The molecule has 0 amide bonds. The fourth-order valence-electron chi connectivity index (χ4n) is 10.9. The van der Waals surface area contributed by atoms with Crippen LogP contribution >= 0.6 is 0 Å². The van der Waals surface area contributed by atoms with Crippen LogP contribution in [0.15, 0.2) is 24.3 Å². The Bertz CT molecular complexity index is 1550. The minimum absolute atomic E-state index is 0.0790. The van der Waals surface area contributed by atoms with Gasteiger partial charge >= 0.3 is 5.97 Å². The van der Waals surface area contributed by atoms with Gasteiger partial charge in [0.1, 0.15) is 23.9 Å². The predicted molar refractivity (Wildman–Crippen MR) is 239 cm³/mol. The van der Waals surface area contributed by atoms with Crippen LogP contribution in [0.3, 0.4) is 0 Å². The number of fused-ring (bicyclic) bond motifs is 3. The first-order valence-electron chi connectivity index (χ1n) is 24.3. The molecule has 4 saturated heterocycles. The van der Waals surface area contributed by atoms with Crippen molar-refractivity contribution in [3.63, 3.8) is 0 Å². The zero-order chi connectivity index (χ0) is 47.4. The Balaban J connectivity index is 1.45. The van der Waals surface area contributed by atoms with Gasteiger partial charge in [0.2, 0.25) is 0 Å². The number of ether oxygens (including phenoxy) is 6. The second-order valence-corrected chi connectivity index (χ2v) is 21.4. The van der Waals surface area contributed by atoms with Gasteiger partial charge in [-0.2, -0.15) is 0 Å². The van der Waals surface area contributed by atoms with Crippen molar-refractivity contribution in [2.24, 2.45) is 17.8 Å². The zero-order valence-corrected chi connectivity index (χ0v) is 40.4. The number of likely N-dealkylation sites (N-methyl/N-ethyl adjacent to an activating group) is 1. The van der Waals surface area contributed by atoms with Gasteiger partial charge in [-0.3, -0.25) is 0 Å². The number of hydrogen-bond donors (Lipinski definition) is 7. The Morgan fingerprint density at radius 2 is 1.58 bits per heavy atom. The third-order valence-electron chi connectivity index (χ3n) is 15.0. The summed E-state index contributed by atoms with van der Waals surface area (Å²) < 4.78 is 38.7. The molecule has 4 fully saturated rings. The topological polar surface area (TPSA) is 217 Å². The first kappa shape index (κ1) is 53.4. The van der Waals surface area contributed by atoms with Gasteiger partial charge in [0.15, 0.2) is 17.9 Å². The number of nitrogens with zero attached hydrogens (tertiary/aromatic N) is 1. The molecule has 5 aliphatic heterocycles. The normalized spacial score (nSPS) is 47.3. The number of carbonyl (C=O) groups is 1. The second kappa shape index (κ2) is 21.8. The molecule has 0 aromatic heterocycles. The van der Waals surface area contributed by atoms with Gasteiger partial charge in [0.25, 0.3) is 0 Å². The SMILES string of the molecule is CCC(O)CC1CCCC2(CC3OC(=O)/C=C/C(C)(O)C(O)C(C)C(O)C(OC4CCC(N(C)C)C(C)O4)C(O)C(C)(O)CCCCC/C=C\C4CC(C)(C)OC4(O)CC(O2)C3C)O1. The Morgan fingerprint density at radius 1 is 0.859 bits per heavy atom. The molecule has 15 heteroatoms. The summed E-state index contributed by atoms with van der Waals surface area (Å²) in [6, 6.07) is 0.128. The molecule has 0 aromatic carbocycles. The molecule has 5 aliphatic rings. The van der Waals surface area contributed by atoms with Crippen molar-refractivity contribution in [2.75, 3.05) is 14.1 Å². The lowest BCUT2D eigenvalue weighted by molar-refractivity contribution is -0.352. The van der Waals surface area contributed by atoms with Crippen LogP contribution in [0, 0.1) is 17.8 Å². The van der Waals surface area contributed by atoms with Crippen LogP contribution in [0.5, 0.6) is 0 Å². The number of aliphatic hydroxyl groups excluding tert-OH is 4. The highest BCUT2D eigenvalue weighted by molar-refractivity contribution is 5.82. The monoisotopic (exact) mass is 912 g/mol. The molecular formula is C49H85NO14. The van der Waals surface area contributed by atoms with Crippen LogP contribution in [0.1, 0.15) is 152 Å². The molecule has 18 atom stereocenters. The van der Waals surface area contributed by atoms with Crippen molar-refractivity contribution in [3.8, 4) is 0 Å². The highest BCUT2D eigenvalue weighted by atomic mass is 16.7. The quantitative estimate of drug-likeness (QED) is 0.141. The van der Waals surface area contributed by atoms with E-state index in [1.165, 1.54) is 20.8 Å². The van der Waals surface area contributed by atoms with Crippen molar-refractivity contribution < 1.29 is 69.0 Å². The van der Waals surface area contributed by atoms with E-state index in [4.69, 9.17) is 28.4 Å². The summed E-state index contributed by atoms with van der Waals surface area (Å²) in [5.74, 6) is -5.49. The summed E-state index contributed by atoms with van der Waals surface area (Å²) in [6.45, 7) is 14.0. The Labute approximate surface area is 382 Å². The number of carbonyl (C=O) groups excluding carboxylic acids is 1. The number of hydrogen-bond acceptors (Lipinski definition) is 15. The number of rotatable bonds is 6. The van der Waals surface area contributed by atoms with E-state index in [1.54, 1.807) is 0 Å². The Hall–Kier alpha value is -1.57. The van der Waals surface area contributed by atoms with Crippen molar-refractivity contribution >= 4 is 5.97 Å². The van der Waals surface area contributed by atoms with Crippen LogP contribution in [0.4, 0.5) is 0 Å². The first-order chi connectivity index (χ1) is 29.8. The van der Waals surface area contributed by atoms with Gasteiger partial charge in [0, 0.05) is 49.1 Å². The molecule has 64 heavy (non-hydrogen) atoms. The average Bonchev–Trinajstić information content (AvgIpc) is 3.45. The summed E-state index contributed by atoms with van der Waals surface area (Å²) in [5, 5.41) is 81.8. The fourth-order valence-corrected chi connectivity index (χ4v) is 10.9. The molecule has 18 unspecified atom stereocenters. The summed E-state index contributed by atoms with van der Waals surface area (Å²) in [6.07, 6.45) is 4.66. The molecule has 0 aromatic rings. The van der Waals surface area contributed by atoms with Gasteiger partial charge in [-0.15, -0.1) is 0 Å². The van der Waals surface area contributed by atoms with E-state index in [9.17, 15) is 40.5 Å². The summed E-state index contributed by atoms with van der Waals surface area (Å²) in [5.41, 5.74) is -4.43. The van der Waals surface area contributed by atoms with Crippen molar-refractivity contribution in [1.29, 1.82) is 0 Å². The second-order valence-electron chi connectivity index (χ2n) is 21.4. The standard InChI is InChI=1S/C49H85NO14/c1-11-34(51)26-35-19-17-24-48(62-35)28-37-30(2)38(63-48)29-49(58)33(27-45(5,6)64-49)18-15-13-12-14-16-23-46(7,56)44(55)42(61-40-21-20-36(50(9)10)32(4)59-40)41(53)31(3)43(54)47(8,57)25-22-39(52)60-37/h15,18,22,25,30-38,40-44,51,53-58H,11-14,16-17,19-21,23-24,26-29H2,1-10H3/b18-15-,25-22+. The van der Waals surface area contributed by atoms with E-state index in [0.29, 0.717) is 44.9 Å². The molecule has 15 nitrogen and oxygen atoms in total. The van der Waals surface area contributed by atoms with Crippen LogP contribution in [0.25, 0.3) is 0 Å². The Kier molecular flexibility index (Phi) is 18.2. The number of aliphatic hydroxyl groups is 7. The van der Waals surface area contributed by atoms with Crippen molar-refractivity contribution in [3.05, 3.63) is 24.3 Å². The lowest BCUT2D eigenvalue weighted by atomic mass is 9.79. The van der Waals surface area contributed by atoms with Gasteiger partial charge in [-0.05, 0) is 119 Å². The van der Waals surface area contributed by atoms with Crippen LogP contribution in [-0.4, -0.2) is 156 Å². The summed E-state index contributed by atoms with van der Waals surface area (Å²) in [7, 11) is 3.94.